The summed E-state index contributed by atoms with van der Waals surface area (Å²) in [6.07, 6.45) is 2.14. The summed E-state index contributed by atoms with van der Waals surface area (Å²) < 4.78 is 4.80. The molecule has 0 atom stereocenters. The number of benzene rings is 3. The Hall–Kier alpha value is -3.46. The second-order valence-corrected chi connectivity index (χ2v) is 7.84. The average molecular weight is 413 g/mol. The number of methoxy groups -OCH3 is 1. The monoisotopic (exact) mass is 412 g/mol. The Labute approximate surface area is 184 Å². The summed E-state index contributed by atoms with van der Waals surface area (Å²) in [5.74, 6) is -0.257. The summed E-state index contributed by atoms with van der Waals surface area (Å²) in [6.45, 7) is 9.84. The predicted molar refractivity (Wildman–Crippen MR) is 127 cm³/mol. The van der Waals surface area contributed by atoms with Crippen LogP contribution in [0.2, 0.25) is 0 Å². The molecule has 0 N–H and O–H groups in total. The van der Waals surface area contributed by atoms with Crippen LogP contribution in [-0.2, 0) is 4.74 Å². The van der Waals surface area contributed by atoms with Gasteiger partial charge in [0.25, 0.3) is 0 Å². The number of esters is 1. The highest BCUT2D eigenvalue weighted by Gasteiger charge is 2.20. The summed E-state index contributed by atoms with van der Waals surface area (Å²) in [5, 5.41) is 0. The number of hydrogen-bond donors (Lipinski definition) is 0. The van der Waals surface area contributed by atoms with Crippen LogP contribution < -0.4 is 0 Å². The van der Waals surface area contributed by atoms with E-state index in [1.165, 1.54) is 7.11 Å². The Kier molecular flexibility index (Phi) is 6.55. The van der Waals surface area contributed by atoms with Gasteiger partial charge in [0.2, 0.25) is 0 Å². The first kappa shape index (κ1) is 22.2. The van der Waals surface area contributed by atoms with Gasteiger partial charge in [-0.05, 0) is 97.3 Å². The van der Waals surface area contributed by atoms with Gasteiger partial charge in [-0.3, -0.25) is 4.79 Å². The molecule has 0 bridgehead atoms. The number of ketones is 1. The van der Waals surface area contributed by atoms with Crippen LogP contribution in [0.5, 0.6) is 0 Å². The van der Waals surface area contributed by atoms with Gasteiger partial charge in [0.1, 0.15) is 0 Å². The number of hydrogen-bond acceptors (Lipinski definition) is 3. The second kappa shape index (κ2) is 9.13. The molecule has 0 aliphatic heterocycles. The lowest BCUT2D eigenvalue weighted by Crippen LogP contribution is -2.08. The van der Waals surface area contributed by atoms with Crippen molar-refractivity contribution in [3.8, 4) is 0 Å². The normalized spacial score (nSPS) is 11.4. The molecular formula is C28H28O3. The third kappa shape index (κ3) is 4.36. The quantitative estimate of drug-likeness (QED) is 0.273. The van der Waals surface area contributed by atoms with Crippen LogP contribution in [-0.4, -0.2) is 18.9 Å². The molecule has 158 valence electrons. The molecule has 0 unspecified atom stereocenters. The van der Waals surface area contributed by atoms with E-state index in [0.717, 1.165) is 50.1 Å². The highest BCUT2D eigenvalue weighted by Crippen LogP contribution is 2.36. The summed E-state index contributed by atoms with van der Waals surface area (Å²) in [5.41, 5.74) is 9.90. The van der Waals surface area contributed by atoms with Gasteiger partial charge in [-0.2, -0.15) is 0 Å². The van der Waals surface area contributed by atoms with Crippen molar-refractivity contribution in [1.82, 2.24) is 0 Å². The third-order valence-electron chi connectivity index (χ3n) is 5.97. The largest absolute Gasteiger partial charge is 0.465 e. The maximum absolute atomic E-state index is 12.3. The smallest absolute Gasteiger partial charge is 0.337 e. The first-order valence-electron chi connectivity index (χ1n) is 10.3. The molecule has 0 heterocycles. The van der Waals surface area contributed by atoms with E-state index in [1.54, 1.807) is 19.1 Å². The lowest BCUT2D eigenvalue weighted by Gasteiger charge is -2.22. The van der Waals surface area contributed by atoms with Crippen molar-refractivity contribution in [3.63, 3.8) is 0 Å². The minimum absolute atomic E-state index is 0.0939. The third-order valence-corrected chi connectivity index (χ3v) is 5.97. The molecule has 0 fully saturated rings. The molecule has 3 aromatic rings. The van der Waals surface area contributed by atoms with Gasteiger partial charge in [0.05, 0.1) is 12.7 Å². The van der Waals surface area contributed by atoms with E-state index in [4.69, 9.17) is 4.74 Å². The number of Topliss-reactive ketones (excluding diaryl/α,β-unsaturated/α-hetero) is 1. The lowest BCUT2D eigenvalue weighted by atomic mass is 9.82. The fourth-order valence-electron chi connectivity index (χ4n) is 4.16. The van der Waals surface area contributed by atoms with Gasteiger partial charge in [-0.1, -0.05) is 42.5 Å². The van der Waals surface area contributed by atoms with Crippen LogP contribution in [0.1, 0.15) is 66.6 Å². The van der Waals surface area contributed by atoms with Gasteiger partial charge in [-0.15, -0.1) is 0 Å². The molecule has 31 heavy (non-hydrogen) atoms. The van der Waals surface area contributed by atoms with E-state index in [0.29, 0.717) is 5.56 Å². The van der Waals surface area contributed by atoms with E-state index in [-0.39, 0.29) is 11.8 Å². The van der Waals surface area contributed by atoms with Crippen LogP contribution in [0.25, 0.3) is 11.6 Å². The first-order chi connectivity index (χ1) is 14.8. The summed E-state index contributed by atoms with van der Waals surface area (Å²) >= 11 is 0. The Morgan fingerprint density at radius 2 is 1.23 bits per heavy atom. The van der Waals surface area contributed by atoms with Gasteiger partial charge < -0.3 is 4.74 Å². The molecule has 0 aromatic heterocycles. The molecule has 0 aliphatic carbocycles. The number of rotatable bonds is 5. The zero-order chi connectivity index (χ0) is 22.7. The Morgan fingerprint density at radius 3 is 1.71 bits per heavy atom. The number of carbonyl (C=O) groups excluding carboxylic acids is 2. The highest BCUT2D eigenvalue weighted by atomic mass is 16.5. The lowest BCUT2D eigenvalue weighted by molar-refractivity contribution is 0.0600. The van der Waals surface area contributed by atoms with Crippen molar-refractivity contribution < 1.29 is 14.3 Å². The van der Waals surface area contributed by atoms with E-state index in [1.807, 2.05) is 44.2 Å². The SMILES string of the molecule is COC(=O)c1ccc(/C=C(/c2ccccc2)c2c(C)c(C)c(C(C)=O)c(C)c2C)cc1. The van der Waals surface area contributed by atoms with Gasteiger partial charge in [0, 0.05) is 5.56 Å². The topological polar surface area (TPSA) is 43.4 Å². The molecular weight excluding hydrogens is 384 g/mol. The zero-order valence-electron chi connectivity index (χ0n) is 19.0. The van der Waals surface area contributed by atoms with Crippen LogP contribution in [0.15, 0.2) is 54.6 Å². The van der Waals surface area contributed by atoms with Crippen molar-refractivity contribution in [3.05, 3.63) is 105 Å². The van der Waals surface area contributed by atoms with E-state index >= 15 is 0 Å². The van der Waals surface area contributed by atoms with E-state index < -0.39 is 0 Å². The van der Waals surface area contributed by atoms with Crippen molar-refractivity contribution in [2.45, 2.75) is 34.6 Å². The maximum atomic E-state index is 12.3. The van der Waals surface area contributed by atoms with Gasteiger partial charge in [-0.25, -0.2) is 4.79 Å². The molecule has 0 aliphatic rings. The molecule has 0 saturated heterocycles. The Balaban J connectivity index is 2.27. The fraction of sp³-hybridized carbons (Fsp3) is 0.214. The molecule has 3 heteroatoms. The summed E-state index contributed by atoms with van der Waals surface area (Å²) in [6, 6.07) is 17.6. The van der Waals surface area contributed by atoms with Crippen molar-refractivity contribution in [1.29, 1.82) is 0 Å². The number of carbonyl (C=O) groups is 2. The predicted octanol–water partition coefficient (Wildman–Crippen LogP) is 6.50. The average Bonchev–Trinajstić information content (AvgIpc) is 2.77. The summed E-state index contributed by atoms with van der Waals surface area (Å²) in [7, 11) is 1.38. The van der Waals surface area contributed by atoms with Crippen molar-refractivity contribution in [2.75, 3.05) is 7.11 Å². The molecule has 3 rings (SSSR count). The second-order valence-electron chi connectivity index (χ2n) is 7.84. The summed E-state index contributed by atoms with van der Waals surface area (Å²) in [4.78, 5) is 24.1. The first-order valence-corrected chi connectivity index (χ1v) is 10.3. The molecule has 0 amide bonds. The van der Waals surface area contributed by atoms with Crippen molar-refractivity contribution in [2.24, 2.45) is 0 Å². The molecule has 3 aromatic carbocycles. The molecule has 3 nitrogen and oxygen atoms in total. The van der Waals surface area contributed by atoms with Crippen LogP contribution in [0.4, 0.5) is 0 Å². The molecule has 0 saturated carbocycles. The van der Waals surface area contributed by atoms with Gasteiger partial charge in [0.15, 0.2) is 5.78 Å². The van der Waals surface area contributed by atoms with Crippen LogP contribution >= 0.6 is 0 Å². The number of ether oxygens (including phenoxy) is 1. The zero-order valence-corrected chi connectivity index (χ0v) is 19.0. The minimum Gasteiger partial charge on any atom is -0.465 e. The molecule has 0 radical (unpaired) electrons. The van der Waals surface area contributed by atoms with Crippen LogP contribution in [0.3, 0.4) is 0 Å². The fourth-order valence-corrected chi connectivity index (χ4v) is 4.16. The highest BCUT2D eigenvalue weighted by molar-refractivity contribution is 6.01. The Morgan fingerprint density at radius 1 is 0.710 bits per heavy atom. The Bertz CT molecular complexity index is 1140. The van der Waals surface area contributed by atoms with E-state index in [2.05, 4.69) is 32.1 Å². The maximum Gasteiger partial charge on any atom is 0.337 e. The molecule has 0 spiro atoms. The van der Waals surface area contributed by atoms with Gasteiger partial charge >= 0.3 is 5.97 Å². The minimum atomic E-state index is -0.350. The van der Waals surface area contributed by atoms with E-state index in [9.17, 15) is 9.59 Å². The van der Waals surface area contributed by atoms with Crippen molar-refractivity contribution >= 4 is 23.4 Å². The standard InChI is InChI=1S/C28H28O3/c1-17-19(3)27(20(4)18(2)26(17)21(5)29)25(23-10-8-7-9-11-23)16-22-12-14-24(15-13-22)28(30)31-6/h7-16H,1-6H3/b25-16-. The van der Waals surface area contributed by atoms with Crippen LogP contribution in [0, 0.1) is 27.7 Å².